The van der Waals surface area contributed by atoms with Gasteiger partial charge in [0.25, 0.3) is 0 Å². The molecule has 0 unspecified atom stereocenters. The maximum absolute atomic E-state index is 10.5. The summed E-state index contributed by atoms with van der Waals surface area (Å²) < 4.78 is 0. The van der Waals surface area contributed by atoms with Crippen LogP contribution in [0.3, 0.4) is 0 Å². The van der Waals surface area contributed by atoms with Gasteiger partial charge in [-0.15, -0.1) is 0 Å². The maximum Gasteiger partial charge on any atom is 0.337 e. The number of benzene rings is 1. The van der Waals surface area contributed by atoms with Gasteiger partial charge in [0.15, 0.2) is 0 Å². The summed E-state index contributed by atoms with van der Waals surface area (Å²) in [6, 6.07) is 2.72. The van der Waals surface area contributed by atoms with Crippen molar-refractivity contribution >= 4 is 28.9 Å². The summed E-state index contributed by atoms with van der Waals surface area (Å²) >= 11 is 5.61. The van der Waals surface area contributed by atoms with Gasteiger partial charge in [0.1, 0.15) is 0 Å². The molecule has 0 aliphatic rings. The number of nitrogens with two attached hydrogens (primary N) is 2. The molecule has 4 nitrogen and oxygen atoms in total. The average molecular weight is 187 g/mol. The van der Waals surface area contributed by atoms with Crippen LogP contribution in [0.15, 0.2) is 12.1 Å². The van der Waals surface area contributed by atoms with Gasteiger partial charge in [-0.25, -0.2) is 4.79 Å². The number of rotatable bonds is 1. The number of anilines is 2. The minimum atomic E-state index is -1.12. The van der Waals surface area contributed by atoms with Gasteiger partial charge in [-0.1, -0.05) is 11.6 Å². The van der Waals surface area contributed by atoms with E-state index in [0.29, 0.717) is 0 Å². The first-order valence-electron chi connectivity index (χ1n) is 3.10. The first kappa shape index (κ1) is 8.67. The summed E-state index contributed by atoms with van der Waals surface area (Å²) in [7, 11) is 0. The zero-order valence-electron chi connectivity index (χ0n) is 6.04. The predicted molar refractivity (Wildman–Crippen MR) is 47.2 cm³/mol. The number of carboxylic acid groups (broad SMARTS) is 1. The van der Waals surface area contributed by atoms with Crippen LogP contribution < -0.4 is 11.5 Å². The molecule has 0 bridgehead atoms. The number of nitrogen functional groups attached to an aromatic ring is 2. The number of carboxylic acids is 1. The van der Waals surface area contributed by atoms with Crippen molar-refractivity contribution in [2.24, 2.45) is 0 Å². The molecule has 0 aliphatic heterocycles. The van der Waals surface area contributed by atoms with Crippen LogP contribution in [0.4, 0.5) is 11.4 Å². The second-order valence-electron chi connectivity index (χ2n) is 2.24. The molecule has 0 saturated carbocycles. The van der Waals surface area contributed by atoms with E-state index in [2.05, 4.69) is 0 Å². The fourth-order valence-electron chi connectivity index (χ4n) is 0.773. The van der Waals surface area contributed by atoms with Crippen LogP contribution in [-0.2, 0) is 0 Å². The van der Waals surface area contributed by atoms with Crippen molar-refractivity contribution < 1.29 is 9.90 Å². The lowest BCUT2D eigenvalue weighted by Gasteiger charge is -2.04. The van der Waals surface area contributed by atoms with Gasteiger partial charge in [-0.05, 0) is 12.1 Å². The largest absolute Gasteiger partial charge is 0.478 e. The van der Waals surface area contributed by atoms with Gasteiger partial charge in [-0.3, -0.25) is 0 Å². The topological polar surface area (TPSA) is 89.3 Å². The number of aromatic carboxylic acids is 1. The Bertz CT molecular complexity index is 338. The van der Waals surface area contributed by atoms with Crippen molar-refractivity contribution in [3.63, 3.8) is 0 Å². The Morgan fingerprint density at radius 2 is 2.00 bits per heavy atom. The maximum atomic E-state index is 10.5. The van der Waals surface area contributed by atoms with E-state index in [1.807, 2.05) is 0 Å². The standard InChI is InChI=1S/C7H7ClN2O2/c8-5-3(7(11)12)1-2-4(9)6(5)10/h1-2H,9-10H2,(H,11,12). The van der Waals surface area contributed by atoms with Crippen molar-refractivity contribution in [1.82, 2.24) is 0 Å². The van der Waals surface area contributed by atoms with Crippen LogP contribution in [0, 0.1) is 0 Å². The highest BCUT2D eigenvalue weighted by molar-refractivity contribution is 6.36. The Morgan fingerprint density at radius 1 is 1.42 bits per heavy atom. The number of hydrogen-bond donors (Lipinski definition) is 3. The summed E-state index contributed by atoms with van der Waals surface area (Å²) in [5.74, 6) is -1.12. The van der Waals surface area contributed by atoms with Crippen LogP contribution in [0.2, 0.25) is 5.02 Å². The molecule has 64 valence electrons. The average Bonchev–Trinajstić information content (AvgIpc) is 2.00. The SMILES string of the molecule is Nc1ccc(C(=O)O)c(Cl)c1N. The molecular weight excluding hydrogens is 180 g/mol. The Kier molecular flexibility index (Phi) is 2.10. The van der Waals surface area contributed by atoms with Gasteiger partial charge in [0.2, 0.25) is 0 Å². The molecule has 1 rings (SSSR count). The van der Waals surface area contributed by atoms with Crippen molar-refractivity contribution in [3.05, 3.63) is 22.7 Å². The molecule has 0 saturated heterocycles. The summed E-state index contributed by atoms with van der Waals surface area (Å²) in [6.45, 7) is 0. The minimum Gasteiger partial charge on any atom is -0.478 e. The summed E-state index contributed by atoms with van der Waals surface area (Å²) in [5, 5.41) is 8.59. The van der Waals surface area contributed by atoms with Crippen LogP contribution in [0.1, 0.15) is 10.4 Å². The number of carbonyl (C=O) groups is 1. The third-order valence-corrected chi connectivity index (χ3v) is 1.85. The van der Waals surface area contributed by atoms with E-state index in [1.54, 1.807) is 0 Å². The van der Waals surface area contributed by atoms with E-state index in [0.717, 1.165) is 0 Å². The lowest BCUT2D eigenvalue weighted by Crippen LogP contribution is -2.02. The number of halogens is 1. The summed E-state index contributed by atoms with van der Waals surface area (Å²) in [5.41, 5.74) is 11.1. The molecule has 12 heavy (non-hydrogen) atoms. The molecule has 1 aromatic rings. The summed E-state index contributed by atoms with van der Waals surface area (Å²) in [6.07, 6.45) is 0. The fourth-order valence-corrected chi connectivity index (χ4v) is 1.03. The van der Waals surface area contributed by atoms with Gasteiger partial charge in [0.05, 0.1) is 22.0 Å². The van der Waals surface area contributed by atoms with Gasteiger partial charge in [-0.2, -0.15) is 0 Å². The smallest absolute Gasteiger partial charge is 0.337 e. The van der Waals surface area contributed by atoms with Crippen LogP contribution in [0.5, 0.6) is 0 Å². The Hall–Kier alpha value is -1.42. The van der Waals surface area contributed by atoms with E-state index in [1.165, 1.54) is 12.1 Å². The van der Waals surface area contributed by atoms with E-state index >= 15 is 0 Å². The lowest BCUT2D eigenvalue weighted by atomic mass is 10.2. The van der Waals surface area contributed by atoms with Crippen molar-refractivity contribution in [1.29, 1.82) is 0 Å². The molecule has 0 atom stereocenters. The third kappa shape index (κ3) is 1.29. The quantitative estimate of drug-likeness (QED) is 0.575. The molecule has 5 heteroatoms. The molecule has 0 amide bonds. The second kappa shape index (κ2) is 2.91. The molecular formula is C7H7ClN2O2. The molecule has 0 fully saturated rings. The van der Waals surface area contributed by atoms with E-state index in [4.69, 9.17) is 28.2 Å². The van der Waals surface area contributed by atoms with Crippen LogP contribution in [0.25, 0.3) is 0 Å². The Balaban J connectivity index is 3.36. The van der Waals surface area contributed by atoms with Gasteiger partial charge in [0, 0.05) is 0 Å². The Morgan fingerprint density at radius 3 is 2.50 bits per heavy atom. The van der Waals surface area contributed by atoms with Crippen molar-refractivity contribution in [2.75, 3.05) is 11.5 Å². The number of hydrogen-bond acceptors (Lipinski definition) is 3. The molecule has 5 N–H and O–H groups in total. The Labute approximate surface area is 73.7 Å². The zero-order chi connectivity index (χ0) is 9.30. The van der Waals surface area contributed by atoms with Gasteiger partial charge >= 0.3 is 5.97 Å². The molecule has 0 aliphatic carbocycles. The predicted octanol–water partition coefficient (Wildman–Crippen LogP) is 1.20. The van der Waals surface area contributed by atoms with Gasteiger partial charge < -0.3 is 16.6 Å². The first-order chi connectivity index (χ1) is 5.54. The molecule has 1 aromatic carbocycles. The van der Waals surface area contributed by atoms with E-state index in [9.17, 15) is 4.79 Å². The second-order valence-corrected chi connectivity index (χ2v) is 2.61. The molecule has 0 heterocycles. The normalized spacial score (nSPS) is 9.75. The molecule has 0 radical (unpaired) electrons. The monoisotopic (exact) mass is 186 g/mol. The van der Waals surface area contributed by atoms with E-state index in [-0.39, 0.29) is 22.0 Å². The molecule has 0 spiro atoms. The highest BCUT2D eigenvalue weighted by atomic mass is 35.5. The van der Waals surface area contributed by atoms with Crippen molar-refractivity contribution in [3.8, 4) is 0 Å². The third-order valence-electron chi connectivity index (χ3n) is 1.44. The summed E-state index contributed by atoms with van der Waals surface area (Å²) in [4.78, 5) is 10.5. The molecule has 0 aromatic heterocycles. The van der Waals surface area contributed by atoms with Crippen molar-refractivity contribution in [2.45, 2.75) is 0 Å². The highest BCUT2D eigenvalue weighted by Gasteiger charge is 2.12. The highest BCUT2D eigenvalue weighted by Crippen LogP contribution is 2.28. The fraction of sp³-hybridized carbons (Fsp3) is 0. The first-order valence-corrected chi connectivity index (χ1v) is 3.48. The van der Waals surface area contributed by atoms with Crippen LogP contribution >= 0.6 is 11.6 Å². The van der Waals surface area contributed by atoms with E-state index < -0.39 is 5.97 Å². The minimum absolute atomic E-state index is 0.0116. The zero-order valence-corrected chi connectivity index (χ0v) is 6.80. The lowest BCUT2D eigenvalue weighted by molar-refractivity contribution is 0.0697. The van der Waals surface area contributed by atoms with Crippen LogP contribution in [-0.4, -0.2) is 11.1 Å².